The van der Waals surface area contributed by atoms with Gasteiger partial charge in [0.1, 0.15) is 0 Å². The van der Waals surface area contributed by atoms with Crippen molar-refractivity contribution in [3.05, 3.63) is 139 Å². The smallest absolute Gasteiger partial charge is 0.0463 e. The summed E-state index contributed by atoms with van der Waals surface area (Å²) in [6, 6.07) is 46.7. The van der Waals surface area contributed by atoms with Gasteiger partial charge in [-0.2, -0.15) is 0 Å². The summed E-state index contributed by atoms with van der Waals surface area (Å²) in [5.41, 5.74) is 9.26. The molecule has 0 aliphatic heterocycles. The second kappa shape index (κ2) is 9.46. The molecule has 0 saturated heterocycles. The van der Waals surface area contributed by atoms with E-state index in [1.54, 1.807) is 0 Å². The molecule has 0 amide bonds. The van der Waals surface area contributed by atoms with Crippen LogP contribution in [0, 0.1) is 6.92 Å². The molecular weight excluding hydrogens is 400 g/mol. The summed E-state index contributed by atoms with van der Waals surface area (Å²) < 4.78 is 0. The second-order valence-corrected chi connectivity index (χ2v) is 8.13. The highest BCUT2D eigenvalue weighted by Crippen LogP contribution is 2.35. The number of hydrogen-bond acceptors (Lipinski definition) is 2. The molecule has 5 aromatic carbocycles. The summed E-state index contributed by atoms with van der Waals surface area (Å²) >= 11 is 0. The van der Waals surface area contributed by atoms with Crippen LogP contribution >= 0.6 is 0 Å². The highest BCUT2D eigenvalue weighted by Gasteiger charge is 2.11. The summed E-state index contributed by atoms with van der Waals surface area (Å²) in [6.07, 6.45) is 0. The Morgan fingerprint density at radius 1 is 0.455 bits per heavy atom. The molecule has 0 unspecified atom stereocenters. The summed E-state index contributed by atoms with van der Waals surface area (Å²) in [5, 5.41) is 3.52. The van der Waals surface area contributed by atoms with Crippen LogP contribution in [0.5, 0.6) is 0 Å². The molecule has 160 valence electrons. The van der Waals surface area contributed by atoms with Crippen molar-refractivity contribution in [2.45, 2.75) is 6.92 Å². The fourth-order valence-corrected chi connectivity index (χ4v) is 4.03. The molecule has 0 aromatic heterocycles. The van der Waals surface area contributed by atoms with E-state index in [1.165, 1.54) is 16.7 Å². The Bertz CT molecular complexity index is 1270. The summed E-state index contributed by atoms with van der Waals surface area (Å²) in [7, 11) is 0. The molecule has 0 radical (unpaired) electrons. The average Bonchev–Trinajstić information content (AvgIpc) is 2.87. The molecule has 5 rings (SSSR count). The van der Waals surface area contributed by atoms with Gasteiger partial charge in [-0.05, 0) is 78.7 Å². The van der Waals surface area contributed by atoms with E-state index in [4.69, 9.17) is 0 Å². The van der Waals surface area contributed by atoms with E-state index in [0.29, 0.717) is 0 Å². The lowest BCUT2D eigenvalue weighted by molar-refractivity contribution is 1.28. The minimum Gasteiger partial charge on any atom is -0.356 e. The highest BCUT2D eigenvalue weighted by atomic mass is 15.1. The number of para-hydroxylation sites is 2. The van der Waals surface area contributed by atoms with E-state index in [-0.39, 0.29) is 0 Å². The first kappa shape index (κ1) is 20.6. The van der Waals surface area contributed by atoms with Gasteiger partial charge < -0.3 is 10.2 Å². The van der Waals surface area contributed by atoms with Gasteiger partial charge in [0.05, 0.1) is 0 Å². The van der Waals surface area contributed by atoms with Crippen LogP contribution in [0.25, 0.3) is 11.1 Å². The van der Waals surface area contributed by atoms with Gasteiger partial charge in [-0.3, -0.25) is 0 Å². The van der Waals surface area contributed by atoms with Crippen LogP contribution in [0.4, 0.5) is 28.4 Å². The fourth-order valence-electron chi connectivity index (χ4n) is 4.03. The largest absolute Gasteiger partial charge is 0.356 e. The molecule has 5 aromatic rings. The first-order chi connectivity index (χ1) is 16.3. The SMILES string of the molecule is Cc1cccc(-c2ccc(Nc3ccc(N(c4ccccc4)c4ccccc4)cc3)cc2)c1. The predicted octanol–water partition coefficient (Wildman–Crippen LogP) is 8.88. The standard InChI is InChI=1S/C31H26N2/c1-24-9-8-10-26(23-24)25-15-17-27(18-16-25)32-28-19-21-31(22-20-28)33(29-11-4-2-5-12-29)30-13-6-3-7-14-30/h2-23,32H,1H3. The second-order valence-electron chi connectivity index (χ2n) is 8.13. The zero-order valence-electron chi connectivity index (χ0n) is 18.6. The number of rotatable bonds is 6. The average molecular weight is 427 g/mol. The number of anilines is 5. The van der Waals surface area contributed by atoms with Crippen LogP contribution in [-0.2, 0) is 0 Å². The molecule has 1 N–H and O–H groups in total. The molecule has 0 heterocycles. The third kappa shape index (κ3) is 4.81. The Hall–Kier alpha value is -4.30. The number of nitrogens with zero attached hydrogens (tertiary/aromatic N) is 1. The van der Waals surface area contributed by atoms with Gasteiger partial charge in [-0.25, -0.2) is 0 Å². The van der Waals surface area contributed by atoms with Crippen molar-refractivity contribution >= 4 is 28.4 Å². The van der Waals surface area contributed by atoms with Gasteiger partial charge in [0.15, 0.2) is 0 Å². The van der Waals surface area contributed by atoms with E-state index in [2.05, 4.69) is 138 Å². The van der Waals surface area contributed by atoms with Gasteiger partial charge in [0.25, 0.3) is 0 Å². The monoisotopic (exact) mass is 426 g/mol. The van der Waals surface area contributed by atoms with Gasteiger partial charge >= 0.3 is 0 Å². The van der Waals surface area contributed by atoms with Crippen molar-refractivity contribution in [1.82, 2.24) is 0 Å². The minimum atomic E-state index is 1.06. The normalized spacial score (nSPS) is 10.6. The highest BCUT2D eigenvalue weighted by molar-refractivity contribution is 5.78. The van der Waals surface area contributed by atoms with Crippen molar-refractivity contribution in [2.75, 3.05) is 10.2 Å². The molecule has 0 bridgehead atoms. The topological polar surface area (TPSA) is 15.3 Å². The Morgan fingerprint density at radius 2 is 0.970 bits per heavy atom. The summed E-state index contributed by atoms with van der Waals surface area (Å²) in [5.74, 6) is 0. The lowest BCUT2D eigenvalue weighted by atomic mass is 10.0. The number of nitrogens with one attached hydrogen (secondary N) is 1. The molecular formula is C31H26N2. The third-order valence-electron chi connectivity index (χ3n) is 5.68. The number of benzene rings is 5. The van der Waals surface area contributed by atoms with Crippen LogP contribution in [0.2, 0.25) is 0 Å². The van der Waals surface area contributed by atoms with Crippen molar-refractivity contribution in [3.8, 4) is 11.1 Å². The van der Waals surface area contributed by atoms with Crippen molar-refractivity contribution in [1.29, 1.82) is 0 Å². The number of hydrogen-bond donors (Lipinski definition) is 1. The Kier molecular flexibility index (Phi) is 5.90. The van der Waals surface area contributed by atoms with Crippen molar-refractivity contribution < 1.29 is 0 Å². The molecule has 2 heteroatoms. The van der Waals surface area contributed by atoms with Gasteiger partial charge in [-0.15, -0.1) is 0 Å². The van der Waals surface area contributed by atoms with Crippen LogP contribution < -0.4 is 10.2 Å². The predicted molar refractivity (Wildman–Crippen MR) is 141 cm³/mol. The van der Waals surface area contributed by atoms with Gasteiger partial charge in [0.2, 0.25) is 0 Å². The Labute approximate surface area is 195 Å². The maximum Gasteiger partial charge on any atom is 0.0463 e. The maximum atomic E-state index is 3.52. The van der Waals surface area contributed by atoms with Crippen LogP contribution in [0.15, 0.2) is 133 Å². The maximum absolute atomic E-state index is 3.52. The first-order valence-electron chi connectivity index (χ1n) is 11.2. The van der Waals surface area contributed by atoms with E-state index >= 15 is 0 Å². The van der Waals surface area contributed by atoms with E-state index in [9.17, 15) is 0 Å². The lowest BCUT2D eigenvalue weighted by Crippen LogP contribution is -2.09. The van der Waals surface area contributed by atoms with Crippen LogP contribution in [0.1, 0.15) is 5.56 Å². The van der Waals surface area contributed by atoms with Crippen molar-refractivity contribution in [3.63, 3.8) is 0 Å². The molecule has 0 aliphatic rings. The van der Waals surface area contributed by atoms with E-state index in [0.717, 1.165) is 28.4 Å². The molecule has 0 spiro atoms. The molecule has 0 atom stereocenters. The molecule has 0 saturated carbocycles. The quantitative estimate of drug-likeness (QED) is 0.292. The van der Waals surface area contributed by atoms with E-state index in [1.807, 2.05) is 12.1 Å². The summed E-state index contributed by atoms with van der Waals surface area (Å²) in [4.78, 5) is 2.26. The zero-order valence-corrected chi connectivity index (χ0v) is 18.6. The lowest BCUT2D eigenvalue weighted by Gasteiger charge is -2.25. The summed E-state index contributed by atoms with van der Waals surface area (Å²) in [6.45, 7) is 2.12. The minimum absolute atomic E-state index is 1.06. The Morgan fingerprint density at radius 3 is 1.52 bits per heavy atom. The molecule has 0 fully saturated rings. The molecule has 33 heavy (non-hydrogen) atoms. The van der Waals surface area contributed by atoms with Crippen LogP contribution in [0.3, 0.4) is 0 Å². The Balaban J connectivity index is 1.36. The fraction of sp³-hybridized carbons (Fsp3) is 0.0323. The third-order valence-corrected chi connectivity index (χ3v) is 5.68. The molecule has 2 nitrogen and oxygen atoms in total. The molecule has 0 aliphatic carbocycles. The van der Waals surface area contributed by atoms with E-state index < -0.39 is 0 Å². The van der Waals surface area contributed by atoms with Crippen molar-refractivity contribution in [2.24, 2.45) is 0 Å². The van der Waals surface area contributed by atoms with Gasteiger partial charge in [0, 0.05) is 28.4 Å². The zero-order chi connectivity index (χ0) is 22.5. The first-order valence-corrected chi connectivity index (χ1v) is 11.2. The van der Waals surface area contributed by atoms with Crippen LogP contribution in [-0.4, -0.2) is 0 Å². The number of aryl methyl sites for hydroxylation is 1. The van der Waals surface area contributed by atoms with Gasteiger partial charge in [-0.1, -0.05) is 78.4 Å².